The minimum atomic E-state index is 0.740. The molecule has 1 aliphatic carbocycles. The largest absolute Gasteiger partial charge is 0.490 e. The molecule has 0 amide bonds. The molecule has 3 heteroatoms. The molecule has 1 fully saturated rings. The van der Waals surface area contributed by atoms with Gasteiger partial charge in [0.15, 0.2) is 11.6 Å². The summed E-state index contributed by atoms with van der Waals surface area (Å²) in [5.74, 6) is 2.54. The fourth-order valence-electron chi connectivity index (χ4n) is 5.70. The molecule has 0 bridgehead atoms. The molecular weight excluding hydrogens is 464 g/mol. The van der Waals surface area contributed by atoms with E-state index in [1.54, 1.807) is 12.4 Å². The topological polar surface area (TPSA) is 35.0 Å². The summed E-state index contributed by atoms with van der Waals surface area (Å²) >= 11 is 0. The maximum absolute atomic E-state index is 5.89. The van der Waals surface area contributed by atoms with E-state index in [1.165, 1.54) is 113 Å². The lowest BCUT2D eigenvalue weighted by molar-refractivity contribution is 0.301. The Kier molecular flexibility index (Phi) is 12.2. The van der Waals surface area contributed by atoms with Gasteiger partial charge in [-0.15, -0.1) is 0 Å². The molecule has 2 aromatic carbocycles. The molecule has 3 aromatic rings. The number of aryl methyl sites for hydroxylation is 1. The molecule has 1 saturated carbocycles. The van der Waals surface area contributed by atoms with Crippen molar-refractivity contribution in [3.8, 4) is 28.3 Å². The van der Waals surface area contributed by atoms with Gasteiger partial charge in [-0.3, -0.25) is 0 Å². The second-order valence-electron chi connectivity index (χ2n) is 11.2. The van der Waals surface area contributed by atoms with E-state index < -0.39 is 0 Å². The molecule has 4 rings (SSSR count). The molecule has 1 heterocycles. The Morgan fingerprint density at radius 3 is 1.95 bits per heavy atom. The quantitative estimate of drug-likeness (QED) is 0.169. The van der Waals surface area contributed by atoms with Gasteiger partial charge < -0.3 is 4.74 Å². The minimum Gasteiger partial charge on any atom is -0.490 e. The van der Waals surface area contributed by atoms with Crippen LogP contribution in [0.1, 0.15) is 109 Å². The summed E-state index contributed by atoms with van der Waals surface area (Å²) in [6.07, 6.45) is 25.2. The van der Waals surface area contributed by atoms with E-state index in [1.807, 2.05) is 0 Å². The van der Waals surface area contributed by atoms with E-state index in [0.717, 1.165) is 36.1 Å². The minimum absolute atomic E-state index is 0.740. The van der Waals surface area contributed by atoms with Crippen molar-refractivity contribution in [1.29, 1.82) is 0 Å². The zero-order valence-corrected chi connectivity index (χ0v) is 23.7. The SMILES string of the molecule is CCCCCCCc1ccc(-c2ccc(-c3ncc(OCCCCCCCC4CCCC4)cn3)cc2)cc1. The van der Waals surface area contributed by atoms with Gasteiger partial charge in [-0.25, -0.2) is 9.97 Å². The first-order valence-electron chi connectivity index (χ1n) is 15.5. The van der Waals surface area contributed by atoms with E-state index in [9.17, 15) is 0 Å². The van der Waals surface area contributed by atoms with Crippen LogP contribution in [0.2, 0.25) is 0 Å². The third kappa shape index (κ3) is 9.57. The van der Waals surface area contributed by atoms with Crippen LogP contribution < -0.4 is 4.74 Å². The van der Waals surface area contributed by atoms with Gasteiger partial charge in [0.2, 0.25) is 0 Å². The maximum atomic E-state index is 5.89. The Labute approximate surface area is 231 Å². The van der Waals surface area contributed by atoms with Crippen molar-refractivity contribution in [2.75, 3.05) is 6.61 Å². The van der Waals surface area contributed by atoms with Crippen LogP contribution in [-0.2, 0) is 6.42 Å². The Bertz CT molecular complexity index is 1020. The zero-order valence-electron chi connectivity index (χ0n) is 23.7. The van der Waals surface area contributed by atoms with Gasteiger partial charge in [-0.1, -0.05) is 139 Å². The predicted molar refractivity (Wildman–Crippen MR) is 161 cm³/mol. The molecule has 1 aliphatic rings. The van der Waals surface area contributed by atoms with Crippen molar-refractivity contribution in [3.63, 3.8) is 0 Å². The molecule has 1 aromatic heterocycles. The Hall–Kier alpha value is -2.68. The van der Waals surface area contributed by atoms with E-state index in [-0.39, 0.29) is 0 Å². The molecule has 0 spiro atoms. The fraction of sp³-hybridized carbons (Fsp3) is 0.543. The van der Waals surface area contributed by atoms with Crippen molar-refractivity contribution in [2.24, 2.45) is 5.92 Å². The molecule has 3 nitrogen and oxygen atoms in total. The second-order valence-corrected chi connectivity index (χ2v) is 11.2. The van der Waals surface area contributed by atoms with Gasteiger partial charge in [0.1, 0.15) is 0 Å². The summed E-state index contributed by atoms with van der Waals surface area (Å²) in [6, 6.07) is 17.6. The monoisotopic (exact) mass is 512 g/mol. The van der Waals surface area contributed by atoms with Crippen molar-refractivity contribution < 1.29 is 4.74 Å². The van der Waals surface area contributed by atoms with E-state index in [2.05, 4.69) is 65.4 Å². The molecule has 0 aliphatic heterocycles. The average molecular weight is 513 g/mol. The maximum Gasteiger partial charge on any atom is 0.159 e. The lowest BCUT2D eigenvalue weighted by Crippen LogP contribution is -1.99. The predicted octanol–water partition coefficient (Wildman–Crippen LogP) is 10.2. The molecule has 0 saturated heterocycles. The first kappa shape index (κ1) is 28.3. The van der Waals surface area contributed by atoms with E-state index >= 15 is 0 Å². The summed E-state index contributed by atoms with van der Waals surface area (Å²) in [5, 5.41) is 0. The van der Waals surface area contributed by atoms with Gasteiger partial charge in [0, 0.05) is 5.56 Å². The van der Waals surface area contributed by atoms with Crippen LogP contribution in [-0.4, -0.2) is 16.6 Å². The zero-order chi connectivity index (χ0) is 26.3. The normalized spacial score (nSPS) is 13.7. The van der Waals surface area contributed by atoms with E-state index in [4.69, 9.17) is 4.74 Å². The molecule has 38 heavy (non-hydrogen) atoms. The van der Waals surface area contributed by atoms with Crippen LogP contribution in [0.15, 0.2) is 60.9 Å². The highest BCUT2D eigenvalue weighted by Crippen LogP contribution is 2.29. The highest BCUT2D eigenvalue weighted by Gasteiger charge is 2.13. The van der Waals surface area contributed by atoms with Crippen LogP contribution in [0.25, 0.3) is 22.5 Å². The standard InChI is InChI=1S/C35H48N2O/c1-2-3-4-6-9-15-30-18-20-31(21-19-30)32-22-24-33(25-23-32)35-36-27-34(28-37-35)38-26-13-8-5-7-10-14-29-16-11-12-17-29/h18-25,27-29H,2-17,26H2,1H3. The van der Waals surface area contributed by atoms with Crippen LogP contribution >= 0.6 is 0 Å². The van der Waals surface area contributed by atoms with E-state index in [0.29, 0.717) is 0 Å². The van der Waals surface area contributed by atoms with Gasteiger partial charge in [0.25, 0.3) is 0 Å². The molecule has 0 radical (unpaired) electrons. The van der Waals surface area contributed by atoms with Crippen molar-refractivity contribution >= 4 is 0 Å². The van der Waals surface area contributed by atoms with Gasteiger partial charge >= 0.3 is 0 Å². The Morgan fingerprint density at radius 2 is 1.24 bits per heavy atom. The number of hydrogen-bond donors (Lipinski definition) is 0. The Morgan fingerprint density at radius 1 is 0.658 bits per heavy atom. The number of unbranched alkanes of at least 4 members (excludes halogenated alkanes) is 8. The third-order valence-corrected chi connectivity index (χ3v) is 8.13. The smallest absolute Gasteiger partial charge is 0.159 e. The van der Waals surface area contributed by atoms with Crippen LogP contribution in [0.5, 0.6) is 5.75 Å². The van der Waals surface area contributed by atoms with Crippen LogP contribution in [0.4, 0.5) is 0 Å². The fourth-order valence-corrected chi connectivity index (χ4v) is 5.70. The van der Waals surface area contributed by atoms with Crippen molar-refractivity contribution in [2.45, 2.75) is 110 Å². The summed E-state index contributed by atoms with van der Waals surface area (Å²) < 4.78 is 5.89. The molecular formula is C35H48N2O. The van der Waals surface area contributed by atoms with Gasteiger partial charge in [0.05, 0.1) is 19.0 Å². The molecule has 0 N–H and O–H groups in total. The third-order valence-electron chi connectivity index (χ3n) is 8.13. The number of ether oxygens (including phenoxy) is 1. The van der Waals surface area contributed by atoms with Crippen molar-refractivity contribution in [1.82, 2.24) is 9.97 Å². The lowest BCUT2D eigenvalue weighted by Gasteiger charge is -2.09. The highest BCUT2D eigenvalue weighted by molar-refractivity contribution is 5.67. The molecule has 0 unspecified atom stereocenters. The lowest BCUT2D eigenvalue weighted by atomic mass is 9.99. The van der Waals surface area contributed by atoms with Crippen LogP contribution in [0.3, 0.4) is 0 Å². The highest BCUT2D eigenvalue weighted by atomic mass is 16.5. The van der Waals surface area contributed by atoms with Gasteiger partial charge in [-0.2, -0.15) is 0 Å². The van der Waals surface area contributed by atoms with Gasteiger partial charge in [-0.05, 0) is 41.9 Å². The molecule has 0 atom stereocenters. The Balaban J connectivity index is 1.14. The number of benzene rings is 2. The van der Waals surface area contributed by atoms with Crippen LogP contribution in [0, 0.1) is 5.92 Å². The number of rotatable bonds is 17. The first-order chi connectivity index (χ1) is 18.8. The number of hydrogen-bond acceptors (Lipinski definition) is 3. The summed E-state index contributed by atoms with van der Waals surface area (Å²) in [5.41, 5.74) is 4.94. The second kappa shape index (κ2) is 16.3. The summed E-state index contributed by atoms with van der Waals surface area (Å²) in [4.78, 5) is 9.10. The first-order valence-corrected chi connectivity index (χ1v) is 15.5. The summed E-state index contributed by atoms with van der Waals surface area (Å²) in [7, 11) is 0. The average Bonchev–Trinajstić information content (AvgIpc) is 3.49. The number of nitrogens with zero attached hydrogens (tertiary/aromatic N) is 2. The summed E-state index contributed by atoms with van der Waals surface area (Å²) in [6.45, 7) is 3.02. The van der Waals surface area contributed by atoms with Crippen molar-refractivity contribution in [3.05, 3.63) is 66.5 Å². The number of aromatic nitrogens is 2. The molecule has 204 valence electrons.